The molecule has 0 amide bonds. The highest BCUT2D eigenvalue weighted by Crippen LogP contribution is 2.37. The number of ether oxygens (including phenoxy) is 1. The molecule has 1 heterocycles. The van der Waals surface area contributed by atoms with Gasteiger partial charge in [0, 0.05) is 10.9 Å². The van der Waals surface area contributed by atoms with Crippen molar-refractivity contribution in [2.45, 2.75) is 25.2 Å². The van der Waals surface area contributed by atoms with Crippen LogP contribution < -0.4 is 4.74 Å². The maximum Gasteiger partial charge on any atom is 0.216 e. The SMILES string of the molecule is CCc1cc2ccc(C(C#N)(Cc3ccccc3)c3ccccc3)cc2nc1OC. The molecular formula is C27H24N2O. The Hall–Kier alpha value is -3.64. The summed E-state index contributed by atoms with van der Waals surface area (Å²) in [6, 6.07) is 31.1. The lowest BCUT2D eigenvalue weighted by Gasteiger charge is -2.28. The molecule has 3 aromatic carbocycles. The molecule has 4 aromatic rings. The summed E-state index contributed by atoms with van der Waals surface area (Å²) >= 11 is 0. The topological polar surface area (TPSA) is 45.9 Å². The van der Waals surface area contributed by atoms with Gasteiger partial charge in [0.15, 0.2) is 0 Å². The van der Waals surface area contributed by atoms with Crippen molar-refractivity contribution in [3.05, 3.63) is 107 Å². The minimum absolute atomic E-state index is 0.587. The van der Waals surface area contributed by atoms with Gasteiger partial charge in [-0.25, -0.2) is 4.98 Å². The third-order valence-electron chi connectivity index (χ3n) is 5.69. The van der Waals surface area contributed by atoms with Gasteiger partial charge in [0.25, 0.3) is 0 Å². The molecule has 1 unspecified atom stereocenters. The molecule has 1 atom stereocenters. The Morgan fingerprint density at radius 3 is 2.23 bits per heavy atom. The maximum atomic E-state index is 10.5. The molecular weight excluding hydrogens is 368 g/mol. The summed E-state index contributed by atoms with van der Waals surface area (Å²) in [5.74, 6) is 0.646. The number of rotatable bonds is 6. The highest BCUT2D eigenvalue weighted by atomic mass is 16.5. The van der Waals surface area contributed by atoms with Crippen molar-refractivity contribution in [2.24, 2.45) is 0 Å². The number of fused-ring (bicyclic) bond motifs is 1. The van der Waals surface area contributed by atoms with Crippen LogP contribution in [0.1, 0.15) is 29.2 Å². The number of hydrogen-bond donors (Lipinski definition) is 0. The molecule has 3 heteroatoms. The van der Waals surface area contributed by atoms with Crippen LogP contribution in [0, 0.1) is 11.3 Å². The first-order chi connectivity index (χ1) is 14.7. The van der Waals surface area contributed by atoms with Crippen molar-refractivity contribution < 1.29 is 4.74 Å². The summed E-state index contributed by atoms with van der Waals surface area (Å²) in [5, 5.41) is 11.6. The average Bonchev–Trinajstić information content (AvgIpc) is 2.82. The Morgan fingerprint density at radius 2 is 1.60 bits per heavy atom. The molecule has 0 aliphatic rings. The second-order valence-corrected chi connectivity index (χ2v) is 7.46. The lowest BCUT2D eigenvalue weighted by molar-refractivity contribution is 0.395. The zero-order valence-electron chi connectivity index (χ0n) is 17.3. The fraction of sp³-hybridized carbons (Fsp3) is 0.185. The van der Waals surface area contributed by atoms with E-state index in [-0.39, 0.29) is 0 Å². The zero-order valence-corrected chi connectivity index (χ0v) is 17.3. The van der Waals surface area contributed by atoms with E-state index in [1.807, 2.05) is 54.6 Å². The van der Waals surface area contributed by atoms with Gasteiger partial charge in [-0.3, -0.25) is 0 Å². The summed E-state index contributed by atoms with van der Waals surface area (Å²) in [5.41, 5.74) is 4.14. The molecule has 0 saturated carbocycles. The van der Waals surface area contributed by atoms with E-state index < -0.39 is 5.41 Å². The molecule has 0 radical (unpaired) electrons. The number of methoxy groups -OCH3 is 1. The minimum atomic E-state index is -0.810. The highest BCUT2D eigenvalue weighted by Gasteiger charge is 2.35. The predicted molar refractivity (Wildman–Crippen MR) is 121 cm³/mol. The monoisotopic (exact) mass is 392 g/mol. The minimum Gasteiger partial charge on any atom is -0.481 e. The second-order valence-electron chi connectivity index (χ2n) is 7.46. The zero-order chi connectivity index (χ0) is 21.0. The third kappa shape index (κ3) is 3.53. The van der Waals surface area contributed by atoms with Crippen molar-refractivity contribution in [3.63, 3.8) is 0 Å². The van der Waals surface area contributed by atoms with Gasteiger partial charge in [-0.15, -0.1) is 0 Å². The van der Waals surface area contributed by atoms with E-state index in [1.54, 1.807) is 7.11 Å². The van der Waals surface area contributed by atoms with E-state index >= 15 is 0 Å². The average molecular weight is 393 g/mol. The molecule has 0 fully saturated rings. The quantitative estimate of drug-likeness (QED) is 0.413. The summed E-state index contributed by atoms with van der Waals surface area (Å²) in [4.78, 5) is 4.74. The van der Waals surface area contributed by atoms with Crippen LogP contribution in [-0.4, -0.2) is 12.1 Å². The van der Waals surface area contributed by atoms with Crippen LogP contribution in [0.3, 0.4) is 0 Å². The highest BCUT2D eigenvalue weighted by molar-refractivity contribution is 5.81. The van der Waals surface area contributed by atoms with E-state index in [0.717, 1.165) is 39.6 Å². The van der Waals surface area contributed by atoms with Gasteiger partial charge >= 0.3 is 0 Å². The smallest absolute Gasteiger partial charge is 0.216 e. The Labute approximate surface area is 177 Å². The van der Waals surface area contributed by atoms with Gasteiger partial charge in [-0.2, -0.15) is 5.26 Å². The molecule has 4 rings (SSSR count). The predicted octanol–water partition coefficient (Wildman–Crippen LogP) is 5.86. The molecule has 0 saturated heterocycles. The Morgan fingerprint density at radius 1 is 0.900 bits per heavy atom. The van der Waals surface area contributed by atoms with Crippen LogP contribution in [0.4, 0.5) is 0 Å². The van der Waals surface area contributed by atoms with Gasteiger partial charge in [0.2, 0.25) is 5.88 Å². The number of aromatic nitrogens is 1. The molecule has 0 bridgehead atoms. The fourth-order valence-corrected chi connectivity index (χ4v) is 4.05. The number of nitrogens with zero attached hydrogens (tertiary/aromatic N) is 2. The molecule has 30 heavy (non-hydrogen) atoms. The molecule has 0 aliphatic carbocycles. The maximum absolute atomic E-state index is 10.5. The summed E-state index contributed by atoms with van der Waals surface area (Å²) in [6.45, 7) is 2.09. The molecule has 0 spiro atoms. The summed E-state index contributed by atoms with van der Waals surface area (Å²) in [6.07, 6.45) is 1.44. The third-order valence-corrected chi connectivity index (χ3v) is 5.69. The van der Waals surface area contributed by atoms with Crippen molar-refractivity contribution in [3.8, 4) is 11.9 Å². The lowest BCUT2D eigenvalue weighted by atomic mass is 9.71. The van der Waals surface area contributed by atoms with Crippen molar-refractivity contribution in [1.29, 1.82) is 5.26 Å². The molecule has 3 nitrogen and oxygen atoms in total. The Balaban J connectivity index is 1.92. The summed E-state index contributed by atoms with van der Waals surface area (Å²) < 4.78 is 5.50. The first kappa shape index (κ1) is 19.7. The molecule has 1 aromatic heterocycles. The van der Waals surface area contributed by atoms with Crippen molar-refractivity contribution in [2.75, 3.05) is 7.11 Å². The number of nitriles is 1. The largest absolute Gasteiger partial charge is 0.481 e. The molecule has 0 N–H and O–H groups in total. The van der Waals surface area contributed by atoms with Crippen LogP contribution in [0.15, 0.2) is 84.9 Å². The number of aryl methyl sites for hydroxylation is 1. The van der Waals surface area contributed by atoms with Crippen LogP contribution in [0.25, 0.3) is 10.9 Å². The number of benzene rings is 3. The van der Waals surface area contributed by atoms with Crippen LogP contribution in [-0.2, 0) is 18.3 Å². The van der Waals surface area contributed by atoms with Gasteiger partial charge < -0.3 is 4.74 Å². The second kappa shape index (κ2) is 8.39. The van der Waals surface area contributed by atoms with Gasteiger partial charge in [-0.1, -0.05) is 79.7 Å². The van der Waals surface area contributed by atoms with Crippen molar-refractivity contribution >= 4 is 10.9 Å². The van der Waals surface area contributed by atoms with E-state index in [2.05, 4.69) is 43.3 Å². The van der Waals surface area contributed by atoms with E-state index in [1.165, 1.54) is 0 Å². The van der Waals surface area contributed by atoms with Crippen LogP contribution in [0.5, 0.6) is 5.88 Å². The number of pyridine rings is 1. The molecule has 148 valence electrons. The fourth-order valence-electron chi connectivity index (χ4n) is 4.05. The first-order valence-corrected chi connectivity index (χ1v) is 10.2. The van der Waals surface area contributed by atoms with Crippen molar-refractivity contribution in [1.82, 2.24) is 4.98 Å². The van der Waals surface area contributed by atoms with E-state index in [4.69, 9.17) is 9.72 Å². The van der Waals surface area contributed by atoms with Crippen LogP contribution in [0.2, 0.25) is 0 Å². The Bertz CT molecular complexity index is 1200. The first-order valence-electron chi connectivity index (χ1n) is 10.2. The van der Waals surface area contributed by atoms with Gasteiger partial charge in [0.1, 0.15) is 5.41 Å². The van der Waals surface area contributed by atoms with Crippen LogP contribution >= 0.6 is 0 Å². The van der Waals surface area contributed by atoms with Gasteiger partial charge in [0.05, 0.1) is 18.7 Å². The number of hydrogen-bond acceptors (Lipinski definition) is 3. The summed E-state index contributed by atoms with van der Waals surface area (Å²) in [7, 11) is 1.65. The lowest BCUT2D eigenvalue weighted by Crippen LogP contribution is -2.28. The van der Waals surface area contributed by atoms with E-state index in [0.29, 0.717) is 12.3 Å². The normalized spacial score (nSPS) is 12.8. The standard InChI is InChI=1S/C27H24N2O/c1-3-21-16-22-14-15-24(17-25(22)29-26(21)30-2)27(19-28,23-12-8-5-9-13-23)18-20-10-6-4-7-11-20/h4-17H,3,18H2,1-2H3. The van der Waals surface area contributed by atoms with Gasteiger partial charge in [-0.05, 0) is 41.7 Å². The Kier molecular flexibility index (Phi) is 5.50. The van der Waals surface area contributed by atoms with E-state index in [9.17, 15) is 5.26 Å². The molecule has 0 aliphatic heterocycles.